The van der Waals surface area contributed by atoms with Crippen LogP contribution in [0.15, 0.2) is 12.8 Å². The quantitative estimate of drug-likeness (QED) is 0.384. The van der Waals surface area contributed by atoms with Crippen molar-refractivity contribution in [2.75, 3.05) is 13.2 Å². The monoisotopic (exact) mass is 213 g/mol. The highest BCUT2D eigenvalue weighted by Gasteiger charge is 2.28. The van der Waals surface area contributed by atoms with Crippen LogP contribution >= 0.6 is 0 Å². The molecule has 0 aromatic carbocycles. The molecule has 0 saturated carbocycles. The Morgan fingerprint density at radius 3 is 2.53 bits per heavy atom. The van der Waals surface area contributed by atoms with E-state index in [-0.39, 0.29) is 37.8 Å². The van der Waals surface area contributed by atoms with Crippen LogP contribution in [-0.4, -0.2) is 36.0 Å². The Balaban J connectivity index is 2.25. The molecule has 0 aliphatic carbocycles. The van der Waals surface area contributed by atoms with E-state index < -0.39 is 6.16 Å². The number of ether oxygens (including phenoxy) is 2. The molecule has 0 spiro atoms. The molecule has 6 nitrogen and oxygen atoms in total. The molecular formula is C9H11NO5. The van der Waals surface area contributed by atoms with E-state index >= 15 is 0 Å². The molecule has 0 unspecified atom stereocenters. The van der Waals surface area contributed by atoms with Gasteiger partial charge in [-0.15, -0.1) is 0 Å². The SMILES string of the molecule is C=COC(=O)OCCN1C(=O)CCC1=O. The molecule has 1 aliphatic heterocycles. The lowest BCUT2D eigenvalue weighted by atomic mass is 10.4. The zero-order valence-corrected chi connectivity index (χ0v) is 8.10. The first-order chi connectivity index (χ1) is 7.15. The van der Waals surface area contributed by atoms with Crippen LogP contribution in [0.25, 0.3) is 0 Å². The Bertz CT molecular complexity index is 283. The number of hydrogen-bond donors (Lipinski definition) is 0. The molecule has 0 bridgehead atoms. The Labute approximate surface area is 86.4 Å². The summed E-state index contributed by atoms with van der Waals surface area (Å²) < 4.78 is 8.84. The molecule has 82 valence electrons. The Morgan fingerprint density at radius 2 is 2.00 bits per heavy atom. The Morgan fingerprint density at radius 1 is 1.40 bits per heavy atom. The van der Waals surface area contributed by atoms with E-state index in [1.54, 1.807) is 0 Å². The third-order valence-corrected chi connectivity index (χ3v) is 1.87. The van der Waals surface area contributed by atoms with Gasteiger partial charge in [0.15, 0.2) is 0 Å². The molecule has 6 heteroatoms. The number of imide groups is 1. The van der Waals surface area contributed by atoms with Gasteiger partial charge in [-0.2, -0.15) is 0 Å². The molecule has 1 aliphatic rings. The van der Waals surface area contributed by atoms with Crippen molar-refractivity contribution >= 4 is 18.0 Å². The molecule has 15 heavy (non-hydrogen) atoms. The molecule has 1 saturated heterocycles. The summed E-state index contributed by atoms with van der Waals surface area (Å²) in [6.07, 6.45) is 0.504. The van der Waals surface area contributed by atoms with Gasteiger partial charge in [-0.1, -0.05) is 6.58 Å². The zero-order chi connectivity index (χ0) is 11.3. The van der Waals surface area contributed by atoms with Crippen molar-refractivity contribution in [2.24, 2.45) is 0 Å². The van der Waals surface area contributed by atoms with Crippen molar-refractivity contribution in [3.63, 3.8) is 0 Å². The maximum absolute atomic E-state index is 11.1. The fraction of sp³-hybridized carbons (Fsp3) is 0.444. The van der Waals surface area contributed by atoms with Crippen molar-refractivity contribution < 1.29 is 23.9 Å². The second-order valence-electron chi connectivity index (χ2n) is 2.82. The van der Waals surface area contributed by atoms with E-state index in [4.69, 9.17) is 0 Å². The van der Waals surface area contributed by atoms with Crippen molar-refractivity contribution in [1.29, 1.82) is 0 Å². The van der Waals surface area contributed by atoms with Crippen molar-refractivity contribution in [2.45, 2.75) is 12.8 Å². The number of hydrogen-bond acceptors (Lipinski definition) is 5. The molecule has 1 heterocycles. The summed E-state index contributed by atoms with van der Waals surface area (Å²) in [5.41, 5.74) is 0. The second kappa shape index (κ2) is 5.14. The number of amides is 2. The maximum atomic E-state index is 11.1. The van der Waals surface area contributed by atoms with Gasteiger partial charge in [-0.05, 0) is 0 Å². The van der Waals surface area contributed by atoms with E-state index in [1.807, 2.05) is 0 Å². The average Bonchev–Trinajstić information content (AvgIpc) is 2.49. The van der Waals surface area contributed by atoms with Crippen molar-refractivity contribution in [3.8, 4) is 0 Å². The smallest absolute Gasteiger partial charge is 0.432 e. The van der Waals surface area contributed by atoms with Crippen LogP contribution in [0.3, 0.4) is 0 Å². The maximum Gasteiger partial charge on any atom is 0.513 e. The second-order valence-corrected chi connectivity index (χ2v) is 2.82. The van der Waals surface area contributed by atoms with E-state index in [9.17, 15) is 14.4 Å². The zero-order valence-electron chi connectivity index (χ0n) is 8.10. The number of carbonyl (C=O) groups excluding carboxylic acids is 3. The van der Waals surface area contributed by atoms with E-state index in [0.29, 0.717) is 0 Å². The lowest BCUT2D eigenvalue weighted by molar-refractivity contribution is -0.139. The molecule has 0 aromatic rings. The lowest BCUT2D eigenvalue weighted by Gasteiger charge is -2.12. The van der Waals surface area contributed by atoms with Gasteiger partial charge in [0.2, 0.25) is 11.8 Å². The predicted octanol–water partition coefficient (Wildman–Crippen LogP) is 0.432. The molecule has 0 radical (unpaired) electrons. The number of nitrogens with zero attached hydrogens (tertiary/aromatic N) is 1. The standard InChI is InChI=1S/C9H11NO5/c1-2-14-9(13)15-6-5-10-7(11)3-4-8(10)12/h2H,1,3-6H2. The highest BCUT2D eigenvalue weighted by molar-refractivity contribution is 6.01. The summed E-state index contributed by atoms with van der Waals surface area (Å²) in [4.78, 5) is 34.0. The molecule has 0 N–H and O–H groups in total. The summed E-state index contributed by atoms with van der Waals surface area (Å²) in [5.74, 6) is -0.471. The molecule has 2 amide bonds. The van der Waals surface area contributed by atoms with Crippen molar-refractivity contribution in [3.05, 3.63) is 12.8 Å². The minimum absolute atomic E-state index is 0.0653. The van der Waals surface area contributed by atoms with E-state index in [2.05, 4.69) is 16.1 Å². The fourth-order valence-electron chi connectivity index (χ4n) is 1.19. The topological polar surface area (TPSA) is 72.9 Å². The summed E-state index contributed by atoms with van der Waals surface area (Å²) in [5, 5.41) is 0. The van der Waals surface area contributed by atoms with Gasteiger partial charge in [0.25, 0.3) is 0 Å². The minimum Gasteiger partial charge on any atom is -0.432 e. The Kier molecular flexibility index (Phi) is 3.84. The number of likely N-dealkylation sites (tertiary alicyclic amines) is 1. The van der Waals surface area contributed by atoms with Gasteiger partial charge in [0, 0.05) is 12.8 Å². The highest BCUT2D eigenvalue weighted by atomic mass is 16.7. The molecule has 0 aromatic heterocycles. The molecule has 0 atom stereocenters. The van der Waals surface area contributed by atoms with Crippen LogP contribution in [-0.2, 0) is 19.1 Å². The van der Waals surface area contributed by atoms with Crippen LogP contribution in [0.1, 0.15) is 12.8 Å². The average molecular weight is 213 g/mol. The van der Waals surface area contributed by atoms with Gasteiger partial charge >= 0.3 is 6.16 Å². The lowest BCUT2D eigenvalue weighted by Crippen LogP contribution is -2.32. The van der Waals surface area contributed by atoms with Gasteiger partial charge in [0.1, 0.15) is 6.61 Å². The third-order valence-electron chi connectivity index (χ3n) is 1.87. The van der Waals surface area contributed by atoms with Crippen LogP contribution in [0.2, 0.25) is 0 Å². The van der Waals surface area contributed by atoms with E-state index in [1.165, 1.54) is 0 Å². The normalized spacial score (nSPS) is 15.3. The summed E-state index contributed by atoms with van der Waals surface area (Å²) in [7, 11) is 0. The minimum atomic E-state index is -0.899. The predicted molar refractivity (Wildman–Crippen MR) is 48.6 cm³/mol. The van der Waals surface area contributed by atoms with Gasteiger partial charge < -0.3 is 9.47 Å². The first-order valence-corrected chi connectivity index (χ1v) is 4.42. The highest BCUT2D eigenvalue weighted by Crippen LogP contribution is 2.10. The first-order valence-electron chi connectivity index (χ1n) is 4.42. The third kappa shape index (κ3) is 3.08. The van der Waals surface area contributed by atoms with Crippen LogP contribution in [0.5, 0.6) is 0 Å². The largest absolute Gasteiger partial charge is 0.513 e. The fourth-order valence-corrected chi connectivity index (χ4v) is 1.19. The van der Waals surface area contributed by atoms with E-state index in [0.717, 1.165) is 11.2 Å². The molecule has 1 fully saturated rings. The van der Waals surface area contributed by atoms with Crippen LogP contribution in [0.4, 0.5) is 4.79 Å². The van der Waals surface area contributed by atoms with Crippen LogP contribution in [0, 0.1) is 0 Å². The summed E-state index contributed by atoms with van der Waals surface area (Å²) in [6, 6.07) is 0. The van der Waals surface area contributed by atoms with Crippen LogP contribution < -0.4 is 0 Å². The van der Waals surface area contributed by atoms with Gasteiger partial charge in [0.05, 0.1) is 12.8 Å². The first kappa shape index (κ1) is 11.2. The number of rotatable bonds is 4. The Hall–Kier alpha value is -1.85. The van der Waals surface area contributed by atoms with Gasteiger partial charge in [-0.25, -0.2) is 4.79 Å². The van der Waals surface area contributed by atoms with Gasteiger partial charge in [-0.3, -0.25) is 14.5 Å². The number of carbonyl (C=O) groups is 3. The van der Waals surface area contributed by atoms with Crippen molar-refractivity contribution in [1.82, 2.24) is 4.90 Å². The molecular weight excluding hydrogens is 202 g/mol. The summed E-state index contributed by atoms with van der Waals surface area (Å²) in [6.45, 7) is 3.18. The molecule has 1 rings (SSSR count). The summed E-state index contributed by atoms with van der Waals surface area (Å²) >= 11 is 0.